The number of fused-ring (bicyclic) bond motifs is 1. The Hall–Kier alpha value is -3.38. The molecule has 4 rings (SSSR count). The molecule has 1 amide bonds. The highest BCUT2D eigenvalue weighted by Gasteiger charge is 2.16. The molecule has 1 aromatic heterocycles. The zero-order chi connectivity index (χ0) is 23.2. The van der Waals surface area contributed by atoms with E-state index < -0.39 is 0 Å². The Kier molecular flexibility index (Phi) is 7.25. The van der Waals surface area contributed by atoms with Crippen LogP contribution in [0.1, 0.15) is 24.5 Å². The Bertz CT molecular complexity index is 1320. The minimum absolute atomic E-state index is 0.0569. The molecule has 0 radical (unpaired) electrons. The highest BCUT2D eigenvalue weighted by molar-refractivity contribution is 7.99. The summed E-state index contributed by atoms with van der Waals surface area (Å²) in [5.41, 5.74) is 3.51. The van der Waals surface area contributed by atoms with Gasteiger partial charge in [-0.2, -0.15) is 0 Å². The van der Waals surface area contributed by atoms with E-state index in [-0.39, 0.29) is 23.3 Å². The first-order valence-corrected chi connectivity index (χ1v) is 12.1. The Morgan fingerprint density at radius 2 is 1.70 bits per heavy atom. The van der Waals surface area contributed by atoms with Gasteiger partial charge >= 0.3 is 0 Å². The molecular formula is C27H27N3O2S. The molecule has 1 unspecified atom stereocenters. The number of hydrogen-bond acceptors (Lipinski definition) is 4. The lowest BCUT2D eigenvalue weighted by Crippen LogP contribution is -2.34. The third-order valence-electron chi connectivity index (χ3n) is 5.55. The quantitative estimate of drug-likeness (QED) is 0.301. The van der Waals surface area contributed by atoms with Gasteiger partial charge in [-0.15, -0.1) is 0 Å². The summed E-state index contributed by atoms with van der Waals surface area (Å²) < 4.78 is 1.62. The van der Waals surface area contributed by atoms with Crippen molar-refractivity contribution in [2.24, 2.45) is 0 Å². The lowest BCUT2D eigenvalue weighted by atomic mass is 10.1. The van der Waals surface area contributed by atoms with E-state index >= 15 is 0 Å². The fourth-order valence-electron chi connectivity index (χ4n) is 3.78. The second-order valence-corrected chi connectivity index (χ2v) is 9.06. The van der Waals surface area contributed by atoms with Gasteiger partial charge in [0, 0.05) is 6.04 Å². The summed E-state index contributed by atoms with van der Waals surface area (Å²) in [6, 6.07) is 25.3. The number of nitrogens with one attached hydrogen (secondary N) is 1. The van der Waals surface area contributed by atoms with Gasteiger partial charge in [0.05, 0.1) is 22.3 Å². The molecule has 3 aromatic carbocycles. The summed E-state index contributed by atoms with van der Waals surface area (Å²) in [6.07, 6.45) is 1.77. The number of benzene rings is 3. The maximum atomic E-state index is 13.4. The molecule has 168 valence electrons. The van der Waals surface area contributed by atoms with E-state index in [4.69, 9.17) is 4.98 Å². The number of nitrogens with zero attached hydrogens (tertiary/aromatic N) is 2. The summed E-state index contributed by atoms with van der Waals surface area (Å²) >= 11 is 1.28. The van der Waals surface area contributed by atoms with Gasteiger partial charge in [-0.25, -0.2) is 4.98 Å². The zero-order valence-electron chi connectivity index (χ0n) is 18.8. The van der Waals surface area contributed by atoms with Crippen molar-refractivity contribution in [2.75, 3.05) is 5.75 Å². The minimum Gasteiger partial charge on any atom is -0.353 e. The highest BCUT2D eigenvalue weighted by atomic mass is 32.2. The number of rotatable bonds is 8. The zero-order valence-corrected chi connectivity index (χ0v) is 19.6. The molecule has 5 nitrogen and oxygen atoms in total. The summed E-state index contributed by atoms with van der Waals surface area (Å²) in [4.78, 5) is 30.7. The van der Waals surface area contributed by atoms with Crippen LogP contribution in [0.3, 0.4) is 0 Å². The van der Waals surface area contributed by atoms with Crippen molar-refractivity contribution < 1.29 is 4.79 Å². The van der Waals surface area contributed by atoms with Gasteiger partial charge in [0.25, 0.3) is 5.56 Å². The molecule has 0 bridgehead atoms. The molecule has 0 saturated heterocycles. The minimum atomic E-state index is -0.131. The molecular weight excluding hydrogens is 430 g/mol. The molecule has 1 atom stereocenters. The molecule has 33 heavy (non-hydrogen) atoms. The summed E-state index contributed by atoms with van der Waals surface area (Å²) in [5.74, 6) is 0.117. The second kappa shape index (κ2) is 10.5. The topological polar surface area (TPSA) is 64.0 Å². The maximum Gasteiger partial charge on any atom is 0.266 e. The standard InChI is InChI=1S/C27H27N3O2S/c1-19-10-6-9-15-24(19)30-26(32)22-13-7-8-14-23(22)29-27(30)33-18-25(31)28-20(2)16-17-21-11-4-3-5-12-21/h3-15,20H,16-18H2,1-2H3,(H,28,31). The van der Waals surface area contributed by atoms with Gasteiger partial charge in [0.15, 0.2) is 5.16 Å². The first-order chi connectivity index (χ1) is 16.0. The SMILES string of the molecule is Cc1ccccc1-n1c(SCC(=O)NC(C)CCc2ccccc2)nc2ccccc2c1=O. The molecule has 4 aromatic rings. The third-order valence-corrected chi connectivity index (χ3v) is 6.49. The van der Waals surface area contributed by atoms with E-state index in [1.807, 2.05) is 74.5 Å². The first kappa shape index (κ1) is 22.8. The van der Waals surface area contributed by atoms with E-state index in [0.29, 0.717) is 16.1 Å². The number of carbonyl (C=O) groups is 1. The van der Waals surface area contributed by atoms with Gasteiger partial charge < -0.3 is 5.32 Å². The number of para-hydroxylation sites is 2. The van der Waals surface area contributed by atoms with Crippen molar-refractivity contribution in [1.29, 1.82) is 0 Å². The summed E-state index contributed by atoms with van der Waals surface area (Å²) in [6.45, 7) is 3.98. The lowest BCUT2D eigenvalue weighted by Gasteiger charge is -2.16. The number of hydrogen-bond donors (Lipinski definition) is 1. The average Bonchev–Trinajstić information content (AvgIpc) is 2.83. The van der Waals surface area contributed by atoms with Crippen LogP contribution in [0.2, 0.25) is 0 Å². The predicted octanol–water partition coefficient (Wildman–Crippen LogP) is 4.92. The maximum absolute atomic E-state index is 13.4. The van der Waals surface area contributed by atoms with Crippen molar-refractivity contribution in [3.63, 3.8) is 0 Å². The number of aryl methyl sites for hydroxylation is 2. The van der Waals surface area contributed by atoms with Crippen LogP contribution in [0.25, 0.3) is 16.6 Å². The number of carbonyl (C=O) groups excluding carboxylic acids is 1. The van der Waals surface area contributed by atoms with Crippen LogP contribution in [-0.2, 0) is 11.2 Å². The van der Waals surface area contributed by atoms with Crippen LogP contribution in [-0.4, -0.2) is 27.3 Å². The van der Waals surface area contributed by atoms with Crippen LogP contribution in [0.5, 0.6) is 0 Å². The Balaban J connectivity index is 1.51. The van der Waals surface area contributed by atoms with Gasteiger partial charge in [0.1, 0.15) is 0 Å². The smallest absolute Gasteiger partial charge is 0.266 e. The lowest BCUT2D eigenvalue weighted by molar-refractivity contribution is -0.119. The molecule has 1 heterocycles. The molecule has 1 N–H and O–H groups in total. The molecule has 0 saturated carbocycles. The van der Waals surface area contributed by atoms with Crippen molar-refractivity contribution >= 4 is 28.6 Å². The van der Waals surface area contributed by atoms with E-state index in [1.54, 1.807) is 10.6 Å². The predicted molar refractivity (Wildman–Crippen MR) is 135 cm³/mol. The van der Waals surface area contributed by atoms with Crippen LogP contribution >= 0.6 is 11.8 Å². The van der Waals surface area contributed by atoms with E-state index in [1.165, 1.54) is 17.3 Å². The Labute approximate surface area is 197 Å². The van der Waals surface area contributed by atoms with Gasteiger partial charge in [-0.1, -0.05) is 72.4 Å². The van der Waals surface area contributed by atoms with E-state index in [0.717, 1.165) is 24.1 Å². The number of thioether (sulfide) groups is 1. The summed E-state index contributed by atoms with van der Waals surface area (Å²) in [7, 11) is 0. The molecule has 0 aliphatic carbocycles. The van der Waals surface area contributed by atoms with Crippen LogP contribution in [0.4, 0.5) is 0 Å². The third kappa shape index (κ3) is 5.52. The van der Waals surface area contributed by atoms with Crippen LogP contribution < -0.4 is 10.9 Å². The molecule has 0 spiro atoms. The van der Waals surface area contributed by atoms with E-state index in [9.17, 15) is 9.59 Å². The largest absolute Gasteiger partial charge is 0.353 e. The number of aromatic nitrogens is 2. The normalized spacial score (nSPS) is 11.9. The average molecular weight is 458 g/mol. The summed E-state index contributed by atoms with van der Waals surface area (Å²) in [5, 5.41) is 4.14. The molecule has 6 heteroatoms. The number of amides is 1. The van der Waals surface area contributed by atoms with Gasteiger partial charge in [-0.3, -0.25) is 14.2 Å². The molecule has 0 aliphatic rings. The fraction of sp³-hybridized carbons (Fsp3) is 0.222. The van der Waals surface area contributed by atoms with Crippen molar-refractivity contribution in [3.8, 4) is 5.69 Å². The molecule has 0 fully saturated rings. The van der Waals surface area contributed by atoms with Crippen molar-refractivity contribution in [3.05, 3.63) is 100 Å². The van der Waals surface area contributed by atoms with Crippen molar-refractivity contribution in [2.45, 2.75) is 37.9 Å². The Morgan fingerprint density at radius 3 is 2.48 bits per heavy atom. The first-order valence-electron chi connectivity index (χ1n) is 11.1. The van der Waals surface area contributed by atoms with Crippen LogP contribution in [0, 0.1) is 6.92 Å². The van der Waals surface area contributed by atoms with Crippen molar-refractivity contribution in [1.82, 2.24) is 14.9 Å². The monoisotopic (exact) mass is 457 g/mol. The van der Waals surface area contributed by atoms with Crippen LogP contribution in [0.15, 0.2) is 88.8 Å². The van der Waals surface area contributed by atoms with Gasteiger partial charge in [-0.05, 0) is 56.0 Å². The highest BCUT2D eigenvalue weighted by Crippen LogP contribution is 2.23. The second-order valence-electron chi connectivity index (χ2n) is 8.12. The fourth-order valence-corrected chi connectivity index (χ4v) is 4.60. The van der Waals surface area contributed by atoms with Gasteiger partial charge in [0.2, 0.25) is 5.91 Å². The van der Waals surface area contributed by atoms with E-state index in [2.05, 4.69) is 17.4 Å². The molecule has 0 aliphatic heterocycles. The Morgan fingerprint density at radius 1 is 1.00 bits per heavy atom.